The van der Waals surface area contributed by atoms with Gasteiger partial charge in [-0.1, -0.05) is 12.1 Å². The molecular weight excluding hydrogens is 502 g/mol. The summed E-state index contributed by atoms with van der Waals surface area (Å²) in [5.74, 6) is 1.70. The fourth-order valence-electron chi connectivity index (χ4n) is 6.24. The van der Waals surface area contributed by atoms with E-state index in [1.165, 1.54) is 0 Å². The van der Waals surface area contributed by atoms with Gasteiger partial charge < -0.3 is 14.2 Å². The van der Waals surface area contributed by atoms with Gasteiger partial charge in [0.25, 0.3) is 0 Å². The fraction of sp³-hybridized carbons (Fsp3) is 0.556. The van der Waals surface area contributed by atoms with Gasteiger partial charge in [0.15, 0.2) is 9.84 Å². The van der Waals surface area contributed by atoms with Crippen molar-refractivity contribution in [3.63, 3.8) is 0 Å². The van der Waals surface area contributed by atoms with Crippen molar-refractivity contribution in [3.8, 4) is 11.3 Å². The van der Waals surface area contributed by atoms with Crippen LogP contribution < -0.4 is 4.90 Å². The van der Waals surface area contributed by atoms with Crippen LogP contribution in [-0.2, 0) is 21.6 Å². The Morgan fingerprint density at radius 3 is 2.71 bits per heavy atom. The van der Waals surface area contributed by atoms with E-state index in [1.54, 1.807) is 4.68 Å². The summed E-state index contributed by atoms with van der Waals surface area (Å²) in [5, 5.41) is 9.43. The fourth-order valence-corrected chi connectivity index (χ4v) is 7.88. The maximum atomic E-state index is 12.4. The highest BCUT2D eigenvalue weighted by Gasteiger charge is 2.29. The second-order valence-corrected chi connectivity index (χ2v) is 13.2. The van der Waals surface area contributed by atoms with Crippen LogP contribution in [-0.4, -0.2) is 75.8 Å². The highest BCUT2D eigenvalue weighted by Crippen LogP contribution is 2.38. The van der Waals surface area contributed by atoms with E-state index in [-0.39, 0.29) is 23.5 Å². The molecule has 2 fully saturated rings. The number of hydrogen-bond donors (Lipinski definition) is 0. The first-order chi connectivity index (χ1) is 18.2. The quantitative estimate of drug-likeness (QED) is 0.389. The summed E-state index contributed by atoms with van der Waals surface area (Å²) in [6.07, 6.45) is 3.90. The normalized spacial score (nSPS) is 21.7. The number of nitrogens with zero attached hydrogens (tertiary/aromatic N) is 7. The van der Waals surface area contributed by atoms with Crippen molar-refractivity contribution in [3.05, 3.63) is 30.1 Å². The number of anilines is 1. The molecule has 2 saturated heterocycles. The van der Waals surface area contributed by atoms with Gasteiger partial charge in [0.05, 0.1) is 33.9 Å². The van der Waals surface area contributed by atoms with Gasteiger partial charge in [0, 0.05) is 56.5 Å². The minimum atomic E-state index is -3.05. The van der Waals surface area contributed by atoms with Crippen LogP contribution >= 0.6 is 0 Å². The van der Waals surface area contributed by atoms with E-state index in [0.717, 1.165) is 70.9 Å². The van der Waals surface area contributed by atoms with Gasteiger partial charge in [-0.2, -0.15) is 0 Å². The molecule has 0 amide bonds. The Balaban J connectivity index is 1.53. The second-order valence-electron chi connectivity index (χ2n) is 11.0. The monoisotopic (exact) mass is 537 g/mol. The Bertz CT molecular complexity index is 1580. The number of ether oxygens (including phenoxy) is 1. The maximum Gasteiger partial charge on any atom is 0.152 e. The minimum Gasteiger partial charge on any atom is -0.381 e. The number of fused-ring (bicyclic) bond motifs is 3. The number of aromatic nitrogens is 6. The van der Waals surface area contributed by atoms with E-state index in [0.29, 0.717) is 19.0 Å². The van der Waals surface area contributed by atoms with Gasteiger partial charge in [-0.05, 0) is 56.7 Å². The van der Waals surface area contributed by atoms with Crippen molar-refractivity contribution in [2.75, 3.05) is 42.7 Å². The van der Waals surface area contributed by atoms with Crippen LogP contribution in [0.4, 0.5) is 5.82 Å². The highest BCUT2D eigenvalue weighted by atomic mass is 32.2. The molecule has 0 bridgehead atoms. The Kier molecular flexibility index (Phi) is 6.38. The number of pyridine rings is 2. The average molecular weight is 538 g/mol. The third-order valence-electron chi connectivity index (χ3n) is 8.16. The molecule has 4 aromatic heterocycles. The first-order valence-electron chi connectivity index (χ1n) is 13.4. The molecule has 202 valence electrons. The van der Waals surface area contributed by atoms with Gasteiger partial charge in [-0.15, -0.1) is 5.10 Å². The van der Waals surface area contributed by atoms with Crippen LogP contribution in [0.2, 0.25) is 0 Å². The molecular formula is C27H35N7O3S. The van der Waals surface area contributed by atoms with E-state index in [2.05, 4.69) is 38.8 Å². The molecule has 0 saturated carbocycles. The largest absolute Gasteiger partial charge is 0.381 e. The molecule has 1 unspecified atom stereocenters. The van der Waals surface area contributed by atoms with E-state index in [4.69, 9.17) is 14.7 Å². The lowest BCUT2D eigenvalue weighted by Gasteiger charge is -2.30. The van der Waals surface area contributed by atoms with E-state index >= 15 is 0 Å². The van der Waals surface area contributed by atoms with Crippen LogP contribution in [0.3, 0.4) is 0 Å². The molecule has 0 radical (unpaired) electrons. The maximum absolute atomic E-state index is 12.4. The molecule has 0 N–H and O–H groups in total. The van der Waals surface area contributed by atoms with Crippen LogP contribution in [0.5, 0.6) is 0 Å². The summed E-state index contributed by atoms with van der Waals surface area (Å²) in [5.41, 5.74) is 5.62. The predicted molar refractivity (Wildman–Crippen MR) is 148 cm³/mol. The summed E-state index contributed by atoms with van der Waals surface area (Å²) in [7, 11) is -1.15. The Labute approximate surface area is 222 Å². The van der Waals surface area contributed by atoms with Crippen LogP contribution in [0, 0.1) is 18.8 Å². The molecule has 6 heterocycles. The van der Waals surface area contributed by atoms with Crippen molar-refractivity contribution in [1.82, 2.24) is 29.5 Å². The highest BCUT2D eigenvalue weighted by molar-refractivity contribution is 7.91. The lowest BCUT2D eigenvalue weighted by atomic mass is 9.92. The van der Waals surface area contributed by atoms with Gasteiger partial charge in [-0.25, -0.2) is 18.1 Å². The molecule has 0 aromatic carbocycles. The SMILES string of the molecule is Cc1nnn(C)c1-c1cnc2c3ccc(N4CCS(=O)(=O)CC(C)C4)nc3n([C@H](C)C3CCOCC3)c2c1. The lowest BCUT2D eigenvalue weighted by Crippen LogP contribution is -2.30. The first-order valence-corrected chi connectivity index (χ1v) is 15.2. The van der Waals surface area contributed by atoms with E-state index < -0.39 is 9.84 Å². The van der Waals surface area contributed by atoms with Crippen molar-refractivity contribution < 1.29 is 13.2 Å². The molecule has 11 heteroatoms. The lowest BCUT2D eigenvalue weighted by molar-refractivity contribution is 0.0524. The van der Waals surface area contributed by atoms with Crippen molar-refractivity contribution in [2.45, 2.75) is 39.7 Å². The second kappa shape index (κ2) is 9.60. The zero-order valence-electron chi connectivity index (χ0n) is 22.5. The van der Waals surface area contributed by atoms with Gasteiger partial charge in [-0.3, -0.25) is 4.98 Å². The van der Waals surface area contributed by atoms with Gasteiger partial charge in [0.1, 0.15) is 11.5 Å². The summed E-state index contributed by atoms with van der Waals surface area (Å²) >= 11 is 0. The molecule has 0 aliphatic carbocycles. The topological polar surface area (TPSA) is 108 Å². The molecule has 6 rings (SSSR count). The summed E-state index contributed by atoms with van der Waals surface area (Å²) in [6.45, 7) is 8.90. The van der Waals surface area contributed by atoms with E-state index in [9.17, 15) is 8.42 Å². The van der Waals surface area contributed by atoms with Crippen molar-refractivity contribution in [1.29, 1.82) is 0 Å². The van der Waals surface area contributed by atoms with Gasteiger partial charge in [0.2, 0.25) is 0 Å². The molecule has 4 aromatic rings. The molecule has 38 heavy (non-hydrogen) atoms. The smallest absolute Gasteiger partial charge is 0.152 e. The van der Waals surface area contributed by atoms with Crippen LogP contribution in [0.15, 0.2) is 24.4 Å². The number of sulfone groups is 1. The Morgan fingerprint density at radius 1 is 1.18 bits per heavy atom. The summed E-state index contributed by atoms with van der Waals surface area (Å²) in [4.78, 5) is 12.3. The molecule has 2 aliphatic rings. The summed E-state index contributed by atoms with van der Waals surface area (Å²) < 4.78 is 34.6. The predicted octanol–water partition coefficient (Wildman–Crippen LogP) is 3.55. The zero-order chi connectivity index (χ0) is 26.6. The Morgan fingerprint density at radius 2 is 1.97 bits per heavy atom. The third-order valence-corrected chi connectivity index (χ3v) is 10.0. The molecule has 0 spiro atoms. The Hall–Kier alpha value is -3.05. The molecule has 10 nitrogen and oxygen atoms in total. The third kappa shape index (κ3) is 4.45. The number of rotatable bonds is 4. The van der Waals surface area contributed by atoms with Gasteiger partial charge >= 0.3 is 0 Å². The van der Waals surface area contributed by atoms with E-state index in [1.807, 2.05) is 33.2 Å². The minimum absolute atomic E-state index is 0.0481. The van der Waals surface area contributed by atoms with Crippen LogP contribution in [0.25, 0.3) is 33.3 Å². The summed E-state index contributed by atoms with van der Waals surface area (Å²) in [6, 6.07) is 6.49. The number of aryl methyl sites for hydroxylation is 2. The number of hydrogen-bond acceptors (Lipinski definition) is 8. The molecule has 2 aliphatic heterocycles. The zero-order valence-corrected chi connectivity index (χ0v) is 23.3. The first kappa shape index (κ1) is 25.2. The molecule has 2 atom stereocenters. The van der Waals surface area contributed by atoms with Crippen LogP contribution in [0.1, 0.15) is 38.4 Å². The average Bonchev–Trinajstić information content (AvgIpc) is 3.35. The standard InChI is InChI=1S/C27H35N7O3S/c1-17-15-33(9-12-38(35,36)16-17)24-6-5-22-25-23(13-21(14-28-25)26-18(2)30-31-32(26)4)34(27(22)29-24)19(3)20-7-10-37-11-8-20/h5-6,13-14,17,19-20H,7-12,15-16H2,1-4H3/t17?,19-/m1/s1. The van der Waals surface area contributed by atoms with Crippen molar-refractivity contribution >= 4 is 37.7 Å². The van der Waals surface area contributed by atoms with Crippen molar-refractivity contribution in [2.24, 2.45) is 18.9 Å².